The number of aryl methyl sites for hydroxylation is 2. The SMILES string of the molecule is Cc1cccc(C)c1Oc1ccc(NC(=O)c2ccc([N+](=O)[O-])cc2)cc1. The van der Waals surface area contributed by atoms with E-state index in [1.807, 2.05) is 32.0 Å². The summed E-state index contributed by atoms with van der Waals surface area (Å²) in [6.45, 7) is 3.97. The molecule has 0 radical (unpaired) electrons. The third-order valence-corrected chi connectivity index (χ3v) is 4.08. The maximum Gasteiger partial charge on any atom is 0.269 e. The zero-order valence-corrected chi connectivity index (χ0v) is 14.9. The first-order chi connectivity index (χ1) is 12.9. The third kappa shape index (κ3) is 4.30. The van der Waals surface area contributed by atoms with Crippen molar-refractivity contribution in [2.75, 3.05) is 5.32 Å². The van der Waals surface area contributed by atoms with Crippen LogP contribution in [0, 0.1) is 24.0 Å². The maximum atomic E-state index is 12.2. The summed E-state index contributed by atoms with van der Waals surface area (Å²) in [6, 6.07) is 18.4. The number of hydrogen-bond donors (Lipinski definition) is 1. The minimum absolute atomic E-state index is 0.0560. The van der Waals surface area contributed by atoms with Crippen molar-refractivity contribution in [1.82, 2.24) is 0 Å². The molecule has 6 nitrogen and oxygen atoms in total. The van der Waals surface area contributed by atoms with Gasteiger partial charge >= 0.3 is 0 Å². The predicted octanol–water partition coefficient (Wildman–Crippen LogP) is 5.26. The average Bonchev–Trinajstić information content (AvgIpc) is 2.66. The molecule has 0 saturated carbocycles. The van der Waals surface area contributed by atoms with E-state index in [4.69, 9.17) is 4.74 Å². The van der Waals surface area contributed by atoms with Crippen LogP contribution in [0.5, 0.6) is 11.5 Å². The van der Waals surface area contributed by atoms with Crippen LogP contribution in [0.15, 0.2) is 66.7 Å². The Balaban J connectivity index is 1.68. The minimum Gasteiger partial charge on any atom is -0.457 e. The lowest BCUT2D eigenvalue weighted by Crippen LogP contribution is -2.11. The number of nitrogens with zero attached hydrogens (tertiary/aromatic N) is 1. The molecule has 1 amide bonds. The topological polar surface area (TPSA) is 81.5 Å². The van der Waals surface area contributed by atoms with Gasteiger partial charge < -0.3 is 10.1 Å². The number of rotatable bonds is 5. The summed E-state index contributed by atoms with van der Waals surface area (Å²) in [7, 11) is 0. The second-order valence-electron chi connectivity index (χ2n) is 6.11. The molecule has 0 aromatic heterocycles. The van der Waals surface area contributed by atoms with Crippen molar-refractivity contribution in [2.24, 2.45) is 0 Å². The highest BCUT2D eigenvalue weighted by molar-refractivity contribution is 6.04. The van der Waals surface area contributed by atoms with E-state index < -0.39 is 4.92 Å². The normalized spacial score (nSPS) is 10.3. The molecule has 0 aliphatic rings. The second-order valence-corrected chi connectivity index (χ2v) is 6.11. The molecule has 136 valence electrons. The highest BCUT2D eigenvalue weighted by Gasteiger charge is 2.10. The zero-order valence-electron chi connectivity index (χ0n) is 14.9. The first-order valence-electron chi connectivity index (χ1n) is 8.34. The maximum absolute atomic E-state index is 12.2. The first kappa shape index (κ1) is 18.1. The summed E-state index contributed by atoms with van der Waals surface area (Å²) < 4.78 is 5.94. The molecule has 6 heteroatoms. The fourth-order valence-corrected chi connectivity index (χ4v) is 2.62. The minimum atomic E-state index is -0.503. The Morgan fingerprint density at radius 3 is 2.07 bits per heavy atom. The van der Waals surface area contributed by atoms with Gasteiger partial charge in [0.2, 0.25) is 0 Å². The van der Waals surface area contributed by atoms with Crippen molar-refractivity contribution < 1.29 is 14.5 Å². The fourth-order valence-electron chi connectivity index (χ4n) is 2.62. The van der Waals surface area contributed by atoms with Crippen molar-refractivity contribution in [1.29, 1.82) is 0 Å². The number of amides is 1. The van der Waals surface area contributed by atoms with Gasteiger partial charge in [-0.3, -0.25) is 14.9 Å². The number of anilines is 1. The van der Waals surface area contributed by atoms with Crippen molar-refractivity contribution in [3.05, 3.63) is 93.5 Å². The molecule has 0 aliphatic heterocycles. The van der Waals surface area contributed by atoms with Crippen molar-refractivity contribution in [3.63, 3.8) is 0 Å². The molecule has 0 saturated heterocycles. The molecule has 1 N–H and O–H groups in total. The Labute approximate surface area is 156 Å². The molecule has 3 rings (SSSR count). The van der Waals surface area contributed by atoms with Crippen LogP contribution in [0.3, 0.4) is 0 Å². The lowest BCUT2D eigenvalue weighted by Gasteiger charge is -2.12. The number of nitro benzene ring substituents is 1. The van der Waals surface area contributed by atoms with Gasteiger partial charge in [-0.15, -0.1) is 0 Å². The lowest BCUT2D eigenvalue weighted by atomic mass is 10.1. The van der Waals surface area contributed by atoms with Crippen molar-refractivity contribution in [2.45, 2.75) is 13.8 Å². The summed E-state index contributed by atoms with van der Waals surface area (Å²) in [5, 5.41) is 13.4. The predicted molar refractivity (Wildman–Crippen MR) is 103 cm³/mol. The van der Waals surface area contributed by atoms with Gasteiger partial charge in [0.05, 0.1) is 4.92 Å². The van der Waals surface area contributed by atoms with Crippen molar-refractivity contribution >= 4 is 17.3 Å². The van der Waals surface area contributed by atoms with Crippen LogP contribution in [0.1, 0.15) is 21.5 Å². The fraction of sp³-hybridized carbons (Fsp3) is 0.0952. The summed E-state index contributed by atoms with van der Waals surface area (Å²) >= 11 is 0. The van der Waals surface area contributed by atoms with Gasteiger partial charge in [-0.1, -0.05) is 18.2 Å². The van der Waals surface area contributed by atoms with Gasteiger partial charge in [0.1, 0.15) is 11.5 Å². The number of nitro groups is 1. The summed E-state index contributed by atoms with van der Waals surface area (Å²) in [5.74, 6) is 1.15. The molecule has 0 spiro atoms. The number of ether oxygens (including phenoxy) is 1. The zero-order chi connectivity index (χ0) is 19.4. The molecule has 0 fully saturated rings. The van der Waals surface area contributed by atoms with Crippen LogP contribution in [-0.2, 0) is 0 Å². The summed E-state index contributed by atoms with van der Waals surface area (Å²) in [6.07, 6.45) is 0. The van der Waals surface area contributed by atoms with Crippen LogP contribution in [0.4, 0.5) is 11.4 Å². The van der Waals surface area contributed by atoms with Crippen LogP contribution < -0.4 is 10.1 Å². The largest absolute Gasteiger partial charge is 0.457 e. The van der Waals surface area contributed by atoms with E-state index >= 15 is 0 Å². The molecule has 27 heavy (non-hydrogen) atoms. The van der Waals surface area contributed by atoms with Crippen LogP contribution in [-0.4, -0.2) is 10.8 Å². The molecule has 3 aromatic rings. The Morgan fingerprint density at radius 2 is 1.52 bits per heavy atom. The molecule has 3 aromatic carbocycles. The van der Waals surface area contributed by atoms with Crippen LogP contribution >= 0.6 is 0 Å². The molecule has 0 bridgehead atoms. The Bertz CT molecular complexity index is 960. The number of nitrogens with one attached hydrogen (secondary N) is 1. The Hall–Kier alpha value is -3.67. The smallest absolute Gasteiger partial charge is 0.269 e. The van der Waals surface area contributed by atoms with Gasteiger partial charge in [0, 0.05) is 23.4 Å². The highest BCUT2D eigenvalue weighted by atomic mass is 16.6. The standard InChI is InChI=1S/C21H18N2O4/c1-14-4-3-5-15(2)20(14)27-19-12-8-17(9-13-19)22-21(24)16-6-10-18(11-7-16)23(25)26/h3-13H,1-2H3,(H,22,24). The molecular weight excluding hydrogens is 344 g/mol. The van der Waals surface area contributed by atoms with Crippen molar-refractivity contribution in [3.8, 4) is 11.5 Å². The van der Waals surface area contributed by atoms with E-state index in [0.29, 0.717) is 17.0 Å². The first-order valence-corrected chi connectivity index (χ1v) is 8.34. The number of hydrogen-bond acceptors (Lipinski definition) is 4. The van der Waals surface area contributed by atoms with Gasteiger partial charge in [-0.25, -0.2) is 0 Å². The van der Waals surface area contributed by atoms with E-state index in [0.717, 1.165) is 16.9 Å². The molecule has 0 heterocycles. The second kappa shape index (κ2) is 7.70. The molecular formula is C21H18N2O4. The van der Waals surface area contributed by atoms with E-state index in [2.05, 4.69) is 5.32 Å². The molecule has 0 unspecified atom stereocenters. The van der Waals surface area contributed by atoms with E-state index in [1.165, 1.54) is 24.3 Å². The number of para-hydroxylation sites is 1. The van der Waals surface area contributed by atoms with Crippen LogP contribution in [0.25, 0.3) is 0 Å². The van der Waals surface area contributed by atoms with Gasteiger partial charge in [0.25, 0.3) is 11.6 Å². The summed E-state index contributed by atoms with van der Waals surface area (Å²) in [4.78, 5) is 22.4. The number of carbonyl (C=O) groups is 1. The van der Waals surface area contributed by atoms with E-state index in [1.54, 1.807) is 24.3 Å². The third-order valence-electron chi connectivity index (χ3n) is 4.08. The van der Waals surface area contributed by atoms with Gasteiger partial charge in [-0.05, 0) is 61.4 Å². The molecule has 0 atom stereocenters. The molecule has 0 aliphatic carbocycles. The van der Waals surface area contributed by atoms with Gasteiger partial charge in [0.15, 0.2) is 0 Å². The Kier molecular flexibility index (Phi) is 5.17. The number of carbonyl (C=O) groups excluding carboxylic acids is 1. The highest BCUT2D eigenvalue weighted by Crippen LogP contribution is 2.29. The number of benzene rings is 3. The lowest BCUT2D eigenvalue weighted by molar-refractivity contribution is -0.384. The van der Waals surface area contributed by atoms with Crippen LogP contribution in [0.2, 0.25) is 0 Å². The Morgan fingerprint density at radius 1 is 0.926 bits per heavy atom. The van der Waals surface area contributed by atoms with E-state index in [-0.39, 0.29) is 11.6 Å². The monoisotopic (exact) mass is 362 g/mol. The quantitative estimate of drug-likeness (QED) is 0.496. The van der Waals surface area contributed by atoms with E-state index in [9.17, 15) is 14.9 Å². The summed E-state index contributed by atoms with van der Waals surface area (Å²) in [5.41, 5.74) is 2.99. The number of non-ortho nitro benzene ring substituents is 1. The average molecular weight is 362 g/mol. The van der Waals surface area contributed by atoms with Gasteiger partial charge in [-0.2, -0.15) is 0 Å².